The number of esters is 1. The minimum Gasteiger partial charge on any atom is -0.480 e. The number of carbonyl (C=O) groups is 1. The Kier molecular flexibility index (Phi) is 3.70. The molecule has 1 aromatic carbocycles. The van der Waals surface area contributed by atoms with Crippen molar-refractivity contribution in [2.75, 3.05) is 14.2 Å². The first-order valence-corrected chi connectivity index (χ1v) is 6.70. The van der Waals surface area contributed by atoms with Gasteiger partial charge in [0.05, 0.1) is 19.7 Å². The van der Waals surface area contributed by atoms with Crippen molar-refractivity contribution in [1.82, 2.24) is 9.97 Å². The van der Waals surface area contributed by atoms with Crippen LogP contribution in [0.4, 0.5) is 0 Å². The predicted octanol–water partition coefficient (Wildman–Crippen LogP) is 3.09. The summed E-state index contributed by atoms with van der Waals surface area (Å²) in [7, 11) is 2.81. The summed E-state index contributed by atoms with van der Waals surface area (Å²) in [5, 5.41) is 0.836. The Hall–Kier alpha value is -2.95. The van der Waals surface area contributed by atoms with Crippen molar-refractivity contribution in [2.24, 2.45) is 0 Å². The lowest BCUT2D eigenvalue weighted by molar-refractivity contribution is 0.0596. The molecule has 0 radical (unpaired) electrons. The van der Waals surface area contributed by atoms with E-state index in [-0.39, 0.29) is 5.88 Å². The van der Waals surface area contributed by atoms with Crippen molar-refractivity contribution in [3.8, 4) is 17.0 Å². The average Bonchev–Trinajstić information content (AvgIpc) is 2.60. The largest absolute Gasteiger partial charge is 0.480 e. The average molecular weight is 294 g/mol. The molecule has 0 fully saturated rings. The zero-order valence-corrected chi connectivity index (χ0v) is 12.2. The molecule has 0 atom stereocenters. The van der Waals surface area contributed by atoms with Gasteiger partial charge in [-0.3, -0.25) is 4.98 Å². The highest BCUT2D eigenvalue weighted by Gasteiger charge is 2.15. The number of nitrogens with zero attached hydrogens (tertiary/aromatic N) is 2. The number of fused-ring (bicyclic) bond motifs is 1. The first kappa shape index (κ1) is 14.0. The third-order valence-corrected chi connectivity index (χ3v) is 3.37. The van der Waals surface area contributed by atoms with E-state index < -0.39 is 5.97 Å². The van der Waals surface area contributed by atoms with Crippen molar-refractivity contribution < 1.29 is 14.3 Å². The molecule has 110 valence electrons. The molecule has 0 aliphatic rings. The van der Waals surface area contributed by atoms with Gasteiger partial charge in [-0.25, -0.2) is 9.78 Å². The summed E-state index contributed by atoms with van der Waals surface area (Å²) >= 11 is 0. The van der Waals surface area contributed by atoms with Gasteiger partial charge in [-0.2, -0.15) is 0 Å². The zero-order chi connectivity index (χ0) is 15.5. The third kappa shape index (κ3) is 2.48. The van der Waals surface area contributed by atoms with Gasteiger partial charge < -0.3 is 9.47 Å². The van der Waals surface area contributed by atoms with Crippen LogP contribution in [0.15, 0.2) is 48.8 Å². The lowest BCUT2D eigenvalue weighted by Crippen LogP contribution is -2.05. The fraction of sp³-hybridized carbons (Fsp3) is 0.118. The normalized spacial score (nSPS) is 10.5. The second-order valence-electron chi connectivity index (χ2n) is 4.69. The smallest absolute Gasteiger partial charge is 0.343 e. The minimum atomic E-state index is -0.474. The van der Waals surface area contributed by atoms with Gasteiger partial charge >= 0.3 is 5.97 Å². The van der Waals surface area contributed by atoms with Crippen LogP contribution in [0.5, 0.6) is 5.88 Å². The van der Waals surface area contributed by atoms with Crippen LogP contribution in [-0.2, 0) is 4.74 Å². The molecule has 2 aromatic heterocycles. The molecule has 0 aliphatic carbocycles. The minimum absolute atomic E-state index is 0.258. The molecule has 0 unspecified atom stereocenters. The predicted molar refractivity (Wildman–Crippen MR) is 82.9 cm³/mol. The maximum atomic E-state index is 11.8. The van der Waals surface area contributed by atoms with Gasteiger partial charge in [0.1, 0.15) is 5.56 Å². The zero-order valence-electron chi connectivity index (χ0n) is 12.2. The lowest BCUT2D eigenvalue weighted by atomic mass is 10.0. The molecule has 0 N–H and O–H groups in total. The summed E-state index contributed by atoms with van der Waals surface area (Å²) in [6.07, 6.45) is 3.52. The number of benzene rings is 1. The second-order valence-corrected chi connectivity index (χ2v) is 4.69. The molecular weight excluding hydrogens is 280 g/mol. The van der Waals surface area contributed by atoms with E-state index in [0.717, 1.165) is 22.0 Å². The van der Waals surface area contributed by atoms with Crippen molar-refractivity contribution in [2.45, 2.75) is 0 Å². The van der Waals surface area contributed by atoms with E-state index >= 15 is 0 Å². The van der Waals surface area contributed by atoms with E-state index in [1.165, 1.54) is 14.2 Å². The standard InChI is InChI=1S/C17H14N2O3/c1-21-16-14(17(20)22-2)9-13-8-11(5-6-15(13)19-16)12-4-3-7-18-10-12/h3-10H,1-2H3. The van der Waals surface area contributed by atoms with Crippen LogP contribution >= 0.6 is 0 Å². The molecule has 5 nitrogen and oxygen atoms in total. The maximum absolute atomic E-state index is 11.8. The molecular formula is C17H14N2O3. The van der Waals surface area contributed by atoms with Gasteiger partial charge in [-0.15, -0.1) is 0 Å². The van der Waals surface area contributed by atoms with Crippen LogP contribution in [0.1, 0.15) is 10.4 Å². The number of aromatic nitrogens is 2. The number of methoxy groups -OCH3 is 2. The number of ether oxygens (including phenoxy) is 2. The molecule has 22 heavy (non-hydrogen) atoms. The first-order chi connectivity index (χ1) is 10.7. The molecule has 0 spiro atoms. The highest BCUT2D eigenvalue weighted by atomic mass is 16.5. The molecule has 0 bridgehead atoms. The van der Waals surface area contributed by atoms with Crippen molar-refractivity contribution in [3.05, 3.63) is 54.4 Å². The summed E-state index contributed by atoms with van der Waals surface area (Å²) in [6.45, 7) is 0. The Morgan fingerprint density at radius 1 is 1.09 bits per heavy atom. The fourth-order valence-corrected chi connectivity index (χ4v) is 2.28. The van der Waals surface area contributed by atoms with Gasteiger partial charge in [-0.05, 0) is 29.8 Å². The number of carbonyl (C=O) groups excluding carboxylic acids is 1. The summed E-state index contributed by atoms with van der Waals surface area (Å²) in [5.41, 5.74) is 3.06. The van der Waals surface area contributed by atoms with E-state index in [2.05, 4.69) is 9.97 Å². The Labute approximate surface area is 127 Å². The molecule has 5 heteroatoms. The molecule has 3 rings (SSSR count). The Bertz CT molecular complexity index is 832. The van der Waals surface area contributed by atoms with Crippen LogP contribution in [0.3, 0.4) is 0 Å². The second kappa shape index (κ2) is 5.81. The van der Waals surface area contributed by atoms with Gasteiger partial charge in [0.25, 0.3) is 0 Å². The lowest BCUT2D eigenvalue weighted by Gasteiger charge is -2.09. The topological polar surface area (TPSA) is 61.3 Å². The SMILES string of the molecule is COC(=O)c1cc2cc(-c3cccnc3)ccc2nc1OC. The van der Waals surface area contributed by atoms with Gasteiger partial charge in [0, 0.05) is 23.3 Å². The Morgan fingerprint density at radius 3 is 2.64 bits per heavy atom. The van der Waals surface area contributed by atoms with Gasteiger partial charge in [0.15, 0.2) is 0 Å². The highest BCUT2D eigenvalue weighted by Crippen LogP contribution is 2.27. The maximum Gasteiger partial charge on any atom is 0.343 e. The fourth-order valence-electron chi connectivity index (χ4n) is 2.28. The molecule has 2 heterocycles. The summed E-state index contributed by atoms with van der Waals surface area (Å²) < 4.78 is 9.94. The number of hydrogen-bond donors (Lipinski definition) is 0. The quantitative estimate of drug-likeness (QED) is 0.695. The summed E-state index contributed by atoms with van der Waals surface area (Å²) in [6, 6.07) is 11.4. The summed E-state index contributed by atoms with van der Waals surface area (Å²) in [5.74, 6) is -0.216. The molecule has 0 saturated carbocycles. The number of pyridine rings is 2. The van der Waals surface area contributed by atoms with Crippen LogP contribution in [0.25, 0.3) is 22.0 Å². The number of rotatable bonds is 3. The third-order valence-electron chi connectivity index (χ3n) is 3.37. The molecule has 3 aromatic rings. The molecule has 0 amide bonds. The highest BCUT2D eigenvalue weighted by molar-refractivity contribution is 5.97. The van der Waals surface area contributed by atoms with E-state index in [4.69, 9.17) is 9.47 Å². The monoisotopic (exact) mass is 294 g/mol. The summed E-state index contributed by atoms with van der Waals surface area (Å²) in [4.78, 5) is 20.3. The van der Waals surface area contributed by atoms with Gasteiger partial charge in [0.2, 0.25) is 5.88 Å². The number of hydrogen-bond acceptors (Lipinski definition) is 5. The van der Waals surface area contributed by atoms with E-state index in [0.29, 0.717) is 5.56 Å². The van der Waals surface area contributed by atoms with E-state index in [1.807, 2.05) is 30.3 Å². The molecule has 0 saturated heterocycles. The van der Waals surface area contributed by atoms with Crippen molar-refractivity contribution in [1.29, 1.82) is 0 Å². The van der Waals surface area contributed by atoms with Crippen molar-refractivity contribution in [3.63, 3.8) is 0 Å². The van der Waals surface area contributed by atoms with E-state index in [9.17, 15) is 4.79 Å². The Morgan fingerprint density at radius 2 is 1.95 bits per heavy atom. The van der Waals surface area contributed by atoms with Gasteiger partial charge in [-0.1, -0.05) is 12.1 Å². The van der Waals surface area contributed by atoms with Crippen LogP contribution in [0, 0.1) is 0 Å². The molecule has 0 aliphatic heterocycles. The first-order valence-electron chi connectivity index (χ1n) is 6.70. The van der Waals surface area contributed by atoms with Crippen LogP contribution in [-0.4, -0.2) is 30.2 Å². The van der Waals surface area contributed by atoms with Crippen LogP contribution < -0.4 is 4.74 Å². The van der Waals surface area contributed by atoms with Crippen LogP contribution in [0.2, 0.25) is 0 Å². The van der Waals surface area contributed by atoms with E-state index in [1.54, 1.807) is 18.5 Å². The van der Waals surface area contributed by atoms with Crippen molar-refractivity contribution >= 4 is 16.9 Å². The Balaban J connectivity index is 2.17.